The molecule has 1 unspecified atom stereocenters. The number of hydrogen-bond acceptors (Lipinski definition) is 4. The van der Waals surface area contributed by atoms with Crippen molar-refractivity contribution in [3.8, 4) is 11.4 Å². The van der Waals surface area contributed by atoms with Gasteiger partial charge >= 0.3 is 5.97 Å². The van der Waals surface area contributed by atoms with Gasteiger partial charge in [-0.2, -0.15) is 0 Å². The zero-order valence-corrected chi connectivity index (χ0v) is 9.65. The molecule has 0 radical (unpaired) electrons. The molecule has 6 nitrogen and oxygen atoms in total. The van der Waals surface area contributed by atoms with Crippen LogP contribution >= 0.6 is 0 Å². The number of rotatable bonds is 2. The van der Waals surface area contributed by atoms with E-state index in [1.54, 1.807) is 12.4 Å². The quantitative estimate of drug-likeness (QED) is 0.861. The largest absolute Gasteiger partial charge is 0.481 e. The van der Waals surface area contributed by atoms with Crippen LogP contribution in [0.15, 0.2) is 24.5 Å². The summed E-state index contributed by atoms with van der Waals surface area (Å²) in [4.78, 5) is 15.2. The van der Waals surface area contributed by atoms with Crippen LogP contribution in [-0.2, 0) is 11.3 Å². The van der Waals surface area contributed by atoms with E-state index in [0.717, 1.165) is 18.5 Å². The highest BCUT2D eigenvalue weighted by Gasteiger charge is 2.30. The summed E-state index contributed by atoms with van der Waals surface area (Å²) < 4.78 is 1.89. The van der Waals surface area contributed by atoms with Crippen LogP contribution in [0.2, 0.25) is 0 Å². The van der Waals surface area contributed by atoms with E-state index < -0.39 is 11.9 Å². The van der Waals surface area contributed by atoms with Crippen LogP contribution in [0.3, 0.4) is 0 Å². The van der Waals surface area contributed by atoms with Crippen LogP contribution in [0, 0.1) is 0 Å². The number of carboxylic acids is 1. The van der Waals surface area contributed by atoms with Crippen molar-refractivity contribution in [1.82, 2.24) is 19.7 Å². The van der Waals surface area contributed by atoms with Crippen molar-refractivity contribution in [2.45, 2.75) is 25.3 Å². The van der Waals surface area contributed by atoms with Crippen molar-refractivity contribution in [3.05, 3.63) is 30.4 Å². The molecule has 6 heteroatoms. The molecule has 0 spiro atoms. The summed E-state index contributed by atoms with van der Waals surface area (Å²) in [5.41, 5.74) is 0.863. The molecule has 0 bridgehead atoms. The summed E-state index contributed by atoms with van der Waals surface area (Å²) in [6, 6.07) is 3.73. The Bertz CT molecular complexity index is 579. The van der Waals surface area contributed by atoms with E-state index in [1.807, 2.05) is 16.7 Å². The van der Waals surface area contributed by atoms with Crippen molar-refractivity contribution in [2.75, 3.05) is 0 Å². The Morgan fingerprint density at radius 3 is 3.06 bits per heavy atom. The summed E-state index contributed by atoms with van der Waals surface area (Å²) in [7, 11) is 0. The highest BCUT2D eigenvalue weighted by Crippen LogP contribution is 2.29. The second kappa shape index (κ2) is 4.21. The first-order valence-electron chi connectivity index (χ1n) is 5.83. The minimum absolute atomic E-state index is 0.545. The van der Waals surface area contributed by atoms with E-state index in [-0.39, 0.29) is 0 Å². The fourth-order valence-corrected chi connectivity index (χ4v) is 2.32. The third-order valence-corrected chi connectivity index (χ3v) is 3.18. The van der Waals surface area contributed by atoms with E-state index in [2.05, 4.69) is 15.2 Å². The summed E-state index contributed by atoms with van der Waals surface area (Å²) >= 11 is 0. The van der Waals surface area contributed by atoms with Crippen molar-refractivity contribution in [1.29, 1.82) is 0 Å². The summed E-state index contributed by atoms with van der Waals surface area (Å²) in [6.07, 6.45) is 4.86. The monoisotopic (exact) mass is 244 g/mol. The Hall–Kier alpha value is -2.24. The highest BCUT2D eigenvalue weighted by molar-refractivity contribution is 5.75. The average molecular weight is 244 g/mol. The van der Waals surface area contributed by atoms with Gasteiger partial charge in [0.05, 0.1) is 0 Å². The first-order chi connectivity index (χ1) is 8.77. The second-order valence-electron chi connectivity index (χ2n) is 4.31. The molecule has 92 valence electrons. The number of pyridine rings is 1. The van der Waals surface area contributed by atoms with Gasteiger partial charge in [-0.1, -0.05) is 0 Å². The Balaban J connectivity index is 2.08. The fraction of sp³-hybridized carbons (Fsp3) is 0.333. The van der Waals surface area contributed by atoms with Gasteiger partial charge in [-0.3, -0.25) is 9.78 Å². The van der Waals surface area contributed by atoms with Crippen LogP contribution < -0.4 is 0 Å². The lowest BCUT2D eigenvalue weighted by Crippen LogP contribution is -2.22. The molecule has 0 aliphatic carbocycles. The Morgan fingerprint density at radius 2 is 2.33 bits per heavy atom. The number of aromatic nitrogens is 4. The number of fused-ring (bicyclic) bond motifs is 1. The molecule has 18 heavy (non-hydrogen) atoms. The van der Waals surface area contributed by atoms with Gasteiger partial charge in [-0.15, -0.1) is 10.2 Å². The standard InChI is InChI=1S/C12H12N4O2/c17-12(18)9-4-2-6-16-10(14-15-11(9)16)8-3-1-5-13-7-8/h1,3,5,7,9H,2,4,6H2,(H,17,18). The summed E-state index contributed by atoms with van der Waals surface area (Å²) in [5, 5.41) is 17.3. The number of carbonyl (C=O) groups is 1. The van der Waals surface area contributed by atoms with Crippen molar-refractivity contribution >= 4 is 5.97 Å². The number of hydrogen-bond donors (Lipinski definition) is 1. The fourth-order valence-electron chi connectivity index (χ4n) is 2.32. The first kappa shape index (κ1) is 10.9. The Morgan fingerprint density at radius 1 is 1.44 bits per heavy atom. The van der Waals surface area contributed by atoms with E-state index in [0.29, 0.717) is 18.1 Å². The minimum Gasteiger partial charge on any atom is -0.481 e. The second-order valence-corrected chi connectivity index (χ2v) is 4.31. The zero-order chi connectivity index (χ0) is 12.5. The Labute approximate surface area is 103 Å². The number of nitrogens with zero attached hydrogens (tertiary/aromatic N) is 4. The SMILES string of the molecule is O=C(O)C1CCCn2c(-c3cccnc3)nnc21. The molecule has 0 saturated heterocycles. The molecule has 0 fully saturated rings. The molecule has 3 heterocycles. The normalized spacial score (nSPS) is 18.3. The third kappa shape index (κ3) is 1.66. The predicted octanol–water partition coefficient (Wildman–Crippen LogP) is 1.30. The van der Waals surface area contributed by atoms with Crippen molar-refractivity contribution < 1.29 is 9.90 Å². The molecule has 1 N–H and O–H groups in total. The van der Waals surface area contributed by atoms with Crippen LogP contribution in [0.1, 0.15) is 24.6 Å². The van der Waals surface area contributed by atoms with Gasteiger partial charge < -0.3 is 9.67 Å². The lowest BCUT2D eigenvalue weighted by atomic mass is 9.99. The maximum Gasteiger partial charge on any atom is 0.314 e. The number of aliphatic carboxylic acids is 1. The van der Waals surface area contributed by atoms with Crippen LogP contribution in [-0.4, -0.2) is 30.8 Å². The molecular weight excluding hydrogens is 232 g/mol. The van der Waals surface area contributed by atoms with E-state index in [1.165, 1.54) is 0 Å². The molecule has 2 aromatic heterocycles. The average Bonchev–Trinajstić information content (AvgIpc) is 2.83. The summed E-state index contributed by atoms with van der Waals surface area (Å²) in [5.74, 6) is -0.130. The summed E-state index contributed by atoms with van der Waals surface area (Å²) in [6.45, 7) is 0.760. The third-order valence-electron chi connectivity index (χ3n) is 3.18. The molecule has 1 aliphatic heterocycles. The highest BCUT2D eigenvalue weighted by atomic mass is 16.4. The molecule has 0 aromatic carbocycles. The minimum atomic E-state index is -0.832. The lowest BCUT2D eigenvalue weighted by molar-refractivity contribution is -0.139. The Kier molecular flexibility index (Phi) is 2.55. The molecule has 2 aromatic rings. The zero-order valence-electron chi connectivity index (χ0n) is 9.65. The van der Waals surface area contributed by atoms with Gasteiger partial charge in [0.25, 0.3) is 0 Å². The van der Waals surface area contributed by atoms with Gasteiger partial charge in [0.1, 0.15) is 11.7 Å². The van der Waals surface area contributed by atoms with Gasteiger partial charge in [0, 0.05) is 24.5 Å². The topological polar surface area (TPSA) is 80.9 Å². The van der Waals surface area contributed by atoms with Crippen molar-refractivity contribution in [2.24, 2.45) is 0 Å². The van der Waals surface area contributed by atoms with Gasteiger partial charge in [0.2, 0.25) is 0 Å². The molecule has 1 aliphatic rings. The van der Waals surface area contributed by atoms with Crippen molar-refractivity contribution in [3.63, 3.8) is 0 Å². The van der Waals surface area contributed by atoms with Crippen LogP contribution in [0.5, 0.6) is 0 Å². The lowest BCUT2D eigenvalue weighted by Gasteiger charge is -2.20. The van der Waals surface area contributed by atoms with Crippen LogP contribution in [0.25, 0.3) is 11.4 Å². The molecule has 0 amide bonds. The van der Waals surface area contributed by atoms with E-state index in [4.69, 9.17) is 0 Å². The molecule has 3 rings (SSSR count). The number of carboxylic acid groups (broad SMARTS) is 1. The maximum atomic E-state index is 11.2. The van der Waals surface area contributed by atoms with E-state index >= 15 is 0 Å². The van der Waals surface area contributed by atoms with E-state index in [9.17, 15) is 9.90 Å². The van der Waals surface area contributed by atoms with Gasteiger partial charge in [0.15, 0.2) is 5.82 Å². The first-order valence-corrected chi connectivity index (χ1v) is 5.83. The predicted molar refractivity (Wildman–Crippen MR) is 62.9 cm³/mol. The van der Waals surface area contributed by atoms with Gasteiger partial charge in [-0.05, 0) is 25.0 Å². The molecule has 0 saturated carbocycles. The van der Waals surface area contributed by atoms with Gasteiger partial charge in [-0.25, -0.2) is 0 Å². The van der Waals surface area contributed by atoms with Crippen LogP contribution in [0.4, 0.5) is 0 Å². The smallest absolute Gasteiger partial charge is 0.314 e. The molecular formula is C12H12N4O2. The maximum absolute atomic E-state index is 11.2. The molecule has 1 atom stereocenters.